The maximum absolute atomic E-state index is 13.8. The van der Waals surface area contributed by atoms with Gasteiger partial charge in [0.25, 0.3) is 0 Å². The number of aliphatic hydroxyl groups excluding tert-OH is 5. The highest BCUT2D eigenvalue weighted by molar-refractivity contribution is 5.88. The van der Waals surface area contributed by atoms with Crippen molar-refractivity contribution in [2.24, 2.45) is 0 Å². The summed E-state index contributed by atoms with van der Waals surface area (Å²) in [4.78, 5) is 13.8. The van der Waals surface area contributed by atoms with E-state index in [4.69, 9.17) is 28.1 Å². The van der Waals surface area contributed by atoms with Gasteiger partial charge < -0.3 is 69.0 Å². The van der Waals surface area contributed by atoms with Gasteiger partial charge in [-0.25, -0.2) is 0 Å². The number of methoxy groups -OCH3 is 1. The summed E-state index contributed by atoms with van der Waals surface area (Å²) in [6.45, 7) is 2.83. The number of hydrogen-bond donors (Lipinski definition) is 8. The molecule has 0 bridgehead atoms. The molecule has 5 rings (SSSR count). The largest absolute Gasteiger partial charge is 0.508 e. The number of aromatic hydroxyl groups is 3. The summed E-state index contributed by atoms with van der Waals surface area (Å²) in [5.74, 6) is -2.09. The molecule has 15 nitrogen and oxygen atoms in total. The van der Waals surface area contributed by atoms with Gasteiger partial charge in [0.2, 0.25) is 17.5 Å². The fourth-order valence-corrected chi connectivity index (χ4v) is 5.02. The molecule has 0 radical (unpaired) electrons. The lowest BCUT2D eigenvalue weighted by atomic mass is 9.98. The van der Waals surface area contributed by atoms with Gasteiger partial charge >= 0.3 is 0 Å². The highest BCUT2D eigenvalue weighted by atomic mass is 16.8. The number of phenolic OH excluding ortho intramolecular Hbond substituents is 3. The fourth-order valence-electron chi connectivity index (χ4n) is 5.02. The second-order valence-corrected chi connectivity index (χ2v) is 10.4. The van der Waals surface area contributed by atoms with Gasteiger partial charge in [-0.2, -0.15) is 0 Å². The van der Waals surface area contributed by atoms with Crippen molar-refractivity contribution < 1.29 is 69.0 Å². The van der Waals surface area contributed by atoms with Gasteiger partial charge in [0.05, 0.1) is 19.3 Å². The smallest absolute Gasteiger partial charge is 0.239 e. The van der Waals surface area contributed by atoms with Crippen LogP contribution in [-0.4, -0.2) is 109 Å². The topological polar surface area (TPSA) is 238 Å². The Morgan fingerprint density at radius 2 is 1.42 bits per heavy atom. The highest BCUT2D eigenvalue weighted by Gasteiger charge is 2.50. The Kier molecular flexibility index (Phi) is 8.43. The molecular weight excluding hydrogens is 576 g/mol. The van der Waals surface area contributed by atoms with Crippen LogP contribution in [0.2, 0.25) is 0 Å². The van der Waals surface area contributed by atoms with Gasteiger partial charge in [0, 0.05) is 17.7 Å². The van der Waals surface area contributed by atoms with Crippen molar-refractivity contribution >= 4 is 11.0 Å². The van der Waals surface area contributed by atoms with E-state index in [0.717, 1.165) is 12.1 Å². The molecule has 0 aliphatic carbocycles. The molecule has 2 saturated heterocycles. The van der Waals surface area contributed by atoms with Crippen molar-refractivity contribution in [3.63, 3.8) is 0 Å². The minimum absolute atomic E-state index is 0.00513. The second-order valence-electron chi connectivity index (χ2n) is 10.4. The van der Waals surface area contributed by atoms with Gasteiger partial charge in [0.15, 0.2) is 29.7 Å². The Morgan fingerprint density at radius 3 is 2.09 bits per heavy atom. The summed E-state index contributed by atoms with van der Waals surface area (Å²) >= 11 is 0. The standard InChI is InChI=1S/C28H32O15/c1-9-18(32)21(35)23(37)27(39-9)43-26-22(36)19(33)10(2)40-28(26)42-25-20(34)17-14(31)7-12(29)8-16(17)41-24(25)11-4-5-13(30)15(6-11)38-3/h4-10,18-19,21-23,26-33,35-37H,1-3H3/t9-,10-,18-,19-,21+,22+,23-,26-,27-,28-/m0/s1. The Labute approximate surface area is 243 Å². The molecular formula is C28H32O15. The molecule has 2 aliphatic heterocycles. The van der Waals surface area contributed by atoms with Gasteiger partial charge in [0.1, 0.15) is 53.0 Å². The molecule has 3 aromatic rings. The molecule has 10 atom stereocenters. The Balaban J connectivity index is 1.62. The van der Waals surface area contributed by atoms with Crippen molar-refractivity contribution in [3.8, 4) is 40.1 Å². The Hall–Kier alpha value is -3.67. The number of benzene rings is 2. The third-order valence-corrected chi connectivity index (χ3v) is 7.48. The van der Waals surface area contributed by atoms with Crippen LogP contribution in [-0.2, 0) is 14.2 Å². The average molecular weight is 609 g/mol. The molecule has 2 fully saturated rings. The summed E-state index contributed by atoms with van der Waals surface area (Å²) < 4.78 is 34.0. The van der Waals surface area contributed by atoms with E-state index >= 15 is 0 Å². The van der Waals surface area contributed by atoms with Gasteiger partial charge in [-0.15, -0.1) is 0 Å². The Bertz CT molecular complexity index is 1540. The first kappa shape index (κ1) is 30.8. The van der Waals surface area contributed by atoms with Gasteiger partial charge in [-0.05, 0) is 32.0 Å². The molecule has 2 aromatic carbocycles. The van der Waals surface area contributed by atoms with Crippen LogP contribution in [0.15, 0.2) is 39.5 Å². The zero-order chi connectivity index (χ0) is 31.3. The first-order valence-corrected chi connectivity index (χ1v) is 13.3. The summed E-state index contributed by atoms with van der Waals surface area (Å²) in [6.07, 6.45) is -15.2. The quantitative estimate of drug-likeness (QED) is 0.178. The molecule has 15 heteroatoms. The van der Waals surface area contributed by atoms with Crippen molar-refractivity contribution in [1.82, 2.24) is 0 Å². The Morgan fingerprint density at radius 1 is 0.767 bits per heavy atom. The van der Waals surface area contributed by atoms with E-state index in [1.807, 2.05) is 0 Å². The molecule has 8 N–H and O–H groups in total. The number of hydrogen-bond acceptors (Lipinski definition) is 15. The van der Waals surface area contributed by atoms with E-state index in [2.05, 4.69) is 0 Å². The maximum atomic E-state index is 13.8. The van der Waals surface area contributed by atoms with Crippen LogP contribution in [0.1, 0.15) is 13.8 Å². The lowest BCUT2D eigenvalue weighted by Crippen LogP contribution is -2.63. The SMILES string of the molecule is COc1cc(-c2oc3cc(O)cc(O)c3c(=O)c2O[C@@H]2O[C@@H](C)[C@H](O)[C@@H](O)[C@@H]2O[C@@H]2O[C@@H](C)[C@H](O)[C@@H](O)[C@@H]2O)ccc1O. The van der Waals surface area contributed by atoms with E-state index < -0.39 is 84.1 Å². The lowest BCUT2D eigenvalue weighted by molar-refractivity contribution is -0.352. The van der Waals surface area contributed by atoms with Crippen molar-refractivity contribution in [2.45, 2.75) is 75.3 Å². The molecule has 0 unspecified atom stereocenters. The van der Waals surface area contributed by atoms with Gasteiger partial charge in [-0.3, -0.25) is 4.79 Å². The molecule has 234 valence electrons. The number of fused-ring (bicyclic) bond motifs is 1. The van der Waals surface area contributed by atoms with Crippen LogP contribution in [0.25, 0.3) is 22.3 Å². The molecule has 0 amide bonds. The summed E-state index contributed by atoms with van der Waals surface area (Å²) in [5.41, 5.74) is -1.01. The zero-order valence-corrected chi connectivity index (χ0v) is 23.1. The molecule has 2 aliphatic rings. The first-order chi connectivity index (χ1) is 20.3. The zero-order valence-electron chi connectivity index (χ0n) is 23.1. The van der Waals surface area contributed by atoms with Crippen LogP contribution < -0.4 is 14.9 Å². The van der Waals surface area contributed by atoms with Crippen molar-refractivity contribution in [1.29, 1.82) is 0 Å². The highest BCUT2D eigenvalue weighted by Crippen LogP contribution is 2.40. The predicted molar refractivity (Wildman–Crippen MR) is 144 cm³/mol. The number of phenols is 3. The van der Waals surface area contributed by atoms with E-state index in [9.17, 15) is 45.6 Å². The molecule has 43 heavy (non-hydrogen) atoms. The first-order valence-electron chi connectivity index (χ1n) is 13.3. The summed E-state index contributed by atoms with van der Waals surface area (Å²) in [7, 11) is 1.30. The van der Waals surface area contributed by atoms with Crippen molar-refractivity contribution in [3.05, 3.63) is 40.6 Å². The van der Waals surface area contributed by atoms with Crippen molar-refractivity contribution in [2.75, 3.05) is 7.11 Å². The second kappa shape index (κ2) is 11.8. The minimum atomic E-state index is -1.79. The number of aliphatic hydroxyl groups is 5. The summed E-state index contributed by atoms with van der Waals surface area (Å²) in [5, 5.41) is 82.4. The average Bonchev–Trinajstić information content (AvgIpc) is 2.96. The molecule has 3 heterocycles. The summed E-state index contributed by atoms with van der Waals surface area (Å²) in [6, 6.07) is 5.96. The predicted octanol–water partition coefficient (Wildman–Crippen LogP) is -0.357. The van der Waals surface area contributed by atoms with Crippen LogP contribution in [0.4, 0.5) is 0 Å². The van der Waals surface area contributed by atoms with Gasteiger partial charge in [-0.1, -0.05) is 0 Å². The van der Waals surface area contributed by atoms with Crippen LogP contribution in [0, 0.1) is 0 Å². The minimum Gasteiger partial charge on any atom is -0.508 e. The van der Waals surface area contributed by atoms with Crippen LogP contribution in [0.5, 0.6) is 28.7 Å². The monoisotopic (exact) mass is 608 g/mol. The number of rotatable bonds is 6. The number of ether oxygens (including phenoxy) is 5. The third-order valence-electron chi connectivity index (χ3n) is 7.48. The molecule has 0 spiro atoms. The van der Waals surface area contributed by atoms with E-state index in [0.29, 0.717) is 0 Å². The van der Waals surface area contributed by atoms with E-state index in [-0.39, 0.29) is 33.8 Å². The maximum Gasteiger partial charge on any atom is 0.239 e. The molecule has 1 aromatic heterocycles. The lowest BCUT2D eigenvalue weighted by Gasteiger charge is -2.45. The van der Waals surface area contributed by atoms with Crippen LogP contribution >= 0.6 is 0 Å². The fraction of sp³-hybridized carbons (Fsp3) is 0.464. The third kappa shape index (κ3) is 5.57. The van der Waals surface area contributed by atoms with E-state index in [1.54, 1.807) is 0 Å². The van der Waals surface area contributed by atoms with E-state index in [1.165, 1.54) is 39.2 Å². The normalized spacial score (nSPS) is 32.9. The molecule has 0 saturated carbocycles. The van der Waals surface area contributed by atoms with Crippen LogP contribution in [0.3, 0.4) is 0 Å².